The quantitative estimate of drug-likeness (QED) is 0.559. The Balaban J connectivity index is 1.38. The third-order valence-corrected chi connectivity index (χ3v) is 5.16. The van der Waals surface area contributed by atoms with Gasteiger partial charge in [-0.05, 0) is 18.6 Å². The molecule has 0 bridgehead atoms. The molecule has 1 fully saturated rings. The summed E-state index contributed by atoms with van der Waals surface area (Å²) in [6.45, 7) is 1.03. The molecule has 0 amide bonds. The summed E-state index contributed by atoms with van der Waals surface area (Å²) >= 11 is 0. The predicted molar refractivity (Wildman–Crippen MR) is 97.2 cm³/mol. The average molecular weight is 369 g/mol. The van der Waals surface area contributed by atoms with Crippen LogP contribution in [-0.2, 0) is 20.1 Å². The lowest BCUT2D eigenvalue weighted by molar-refractivity contribution is 0.00713. The predicted octanol–water partition coefficient (Wildman–Crippen LogP) is -0.0263. The minimum Gasteiger partial charge on any atom is -0.390 e. The van der Waals surface area contributed by atoms with Crippen LogP contribution in [0.25, 0.3) is 11.3 Å². The highest BCUT2D eigenvalue weighted by Gasteiger charge is 2.41. The monoisotopic (exact) mass is 369 g/mol. The van der Waals surface area contributed by atoms with Crippen LogP contribution in [0.3, 0.4) is 0 Å². The number of hydrogen-bond acceptors (Lipinski definition) is 7. The second kappa shape index (κ2) is 7.55. The summed E-state index contributed by atoms with van der Waals surface area (Å²) in [5, 5.41) is 32.5. The van der Waals surface area contributed by atoms with E-state index in [-0.39, 0.29) is 12.0 Å². The van der Waals surface area contributed by atoms with Gasteiger partial charge < -0.3 is 20.1 Å². The van der Waals surface area contributed by atoms with Crippen LogP contribution >= 0.6 is 0 Å². The van der Waals surface area contributed by atoms with Crippen LogP contribution in [0.4, 0.5) is 0 Å². The minimum atomic E-state index is -0.823. The van der Waals surface area contributed by atoms with Crippen LogP contribution in [0.1, 0.15) is 12.2 Å². The SMILES string of the molecule is Cn1ccnc1CNC1CC(Cn2cc(-c3cccnc3)nn2)C(O)C1O. The highest BCUT2D eigenvalue weighted by atomic mass is 16.3. The Morgan fingerprint density at radius 1 is 1.26 bits per heavy atom. The standard InChI is InChI=1S/C18H23N7O2/c1-24-6-5-20-16(24)9-21-14-7-13(17(26)18(14)27)10-25-11-15(22-23-25)12-3-2-4-19-8-12/h2-6,8,11,13-14,17-18,21,26-27H,7,9-10H2,1H3. The highest BCUT2D eigenvalue weighted by Crippen LogP contribution is 2.28. The fraction of sp³-hybridized carbons (Fsp3) is 0.444. The van der Waals surface area contributed by atoms with Gasteiger partial charge in [-0.1, -0.05) is 5.21 Å². The molecule has 0 spiro atoms. The topological polar surface area (TPSA) is 114 Å². The molecule has 0 saturated heterocycles. The third kappa shape index (κ3) is 3.75. The van der Waals surface area contributed by atoms with Gasteiger partial charge in [0.15, 0.2) is 0 Å². The number of aliphatic hydroxyl groups excluding tert-OH is 2. The molecule has 3 N–H and O–H groups in total. The molecule has 4 atom stereocenters. The van der Waals surface area contributed by atoms with E-state index in [1.54, 1.807) is 23.3 Å². The zero-order valence-corrected chi connectivity index (χ0v) is 15.0. The summed E-state index contributed by atoms with van der Waals surface area (Å²) in [6, 6.07) is 3.58. The maximum Gasteiger partial charge on any atom is 0.122 e. The number of pyridine rings is 1. The van der Waals surface area contributed by atoms with Crippen LogP contribution < -0.4 is 5.32 Å². The summed E-state index contributed by atoms with van der Waals surface area (Å²) in [5.74, 6) is 0.778. The van der Waals surface area contributed by atoms with E-state index in [1.807, 2.05) is 36.1 Å². The molecule has 27 heavy (non-hydrogen) atoms. The third-order valence-electron chi connectivity index (χ3n) is 5.16. The lowest BCUT2D eigenvalue weighted by Crippen LogP contribution is -2.40. The van der Waals surface area contributed by atoms with Crippen molar-refractivity contribution in [1.29, 1.82) is 0 Å². The number of hydrogen-bond donors (Lipinski definition) is 3. The van der Waals surface area contributed by atoms with Crippen molar-refractivity contribution in [1.82, 2.24) is 34.8 Å². The van der Waals surface area contributed by atoms with E-state index in [0.29, 0.717) is 19.5 Å². The Morgan fingerprint density at radius 3 is 2.89 bits per heavy atom. The van der Waals surface area contributed by atoms with Gasteiger partial charge in [0, 0.05) is 55.9 Å². The fourth-order valence-corrected chi connectivity index (χ4v) is 3.57. The average Bonchev–Trinajstić information content (AvgIpc) is 3.38. The molecule has 142 valence electrons. The molecule has 3 aromatic rings. The molecule has 3 aromatic heterocycles. The van der Waals surface area contributed by atoms with Gasteiger partial charge in [-0.25, -0.2) is 4.98 Å². The van der Waals surface area contributed by atoms with Crippen molar-refractivity contribution in [2.45, 2.75) is 37.8 Å². The van der Waals surface area contributed by atoms with E-state index in [9.17, 15) is 10.2 Å². The van der Waals surface area contributed by atoms with Crippen LogP contribution in [0.2, 0.25) is 0 Å². The zero-order chi connectivity index (χ0) is 18.8. The van der Waals surface area contributed by atoms with Gasteiger partial charge in [0.1, 0.15) is 11.5 Å². The molecular formula is C18H23N7O2. The van der Waals surface area contributed by atoms with Gasteiger partial charge in [-0.15, -0.1) is 5.10 Å². The Kier molecular flexibility index (Phi) is 4.97. The van der Waals surface area contributed by atoms with Crippen molar-refractivity contribution in [3.8, 4) is 11.3 Å². The van der Waals surface area contributed by atoms with Crippen molar-refractivity contribution >= 4 is 0 Å². The van der Waals surface area contributed by atoms with E-state index in [0.717, 1.165) is 17.1 Å². The van der Waals surface area contributed by atoms with Crippen molar-refractivity contribution in [2.75, 3.05) is 0 Å². The van der Waals surface area contributed by atoms with E-state index in [2.05, 4.69) is 25.6 Å². The van der Waals surface area contributed by atoms with Gasteiger partial charge in [-0.2, -0.15) is 0 Å². The van der Waals surface area contributed by atoms with E-state index in [1.165, 1.54) is 0 Å². The second-order valence-electron chi connectivity index (χ2n) is 6.99. The molecule has 4 rings (SSSR count). The molecule has 9 heteroatoms. The summed E-state index contributed by atoms with van der Waals surface area (Å²) in [5.41, 5.74) is 1.63. The molecule has 0 aromatic carbocycles. The lowest BCUT2D eigenvalue weighted by Gasteiger charge is -2.18. The Hall–Kier alpha value is -2.62. The van der Waals surface area contributed by atoms with Crippen molar-refractivity contribution in [3.05, 3.63) is 48.9 Å². The van der Waals surface area contributed by atoms with Crippen LogP contribution in [0, 0.1) is 5.92 Å². The number of nitrogens with zero attached hydrogens (tertiary/aromatic N) is 6. The Labute approximate surface area is 156 Å². The minimum absolute atomic E-state index is 0.109. The first-order valence-electron chi connectivity index (χ1n) is 8.98. The van der Waals surface area contributed by atoms with Crippen molar-refractivity contribution in [2.24, 2.45) is 13.0 Å². The summed E-state index contributed by atoms with van der Waals surface area (Å²) in [4.78, 5) is 8.36. The number of imidazole rings is 1. The number of nitrogens with one attached hydrogen (secondary N) is 1. The molecule has 1 aliphatic rings. The first-order valence-corrected chi connectivity index (χ1v) is 8.98. The van der Waals surface area contributed by atoms with Gasteiger partial charge in [0.25, 0.3) is 0 Å². The molecular weight excluding hydrogens is 346 g/mol. The number of rotatable bonds is 6. The van der Waals surface area contributed by atoms with Crippen LogP contribution in [0.5, 0.6) is 0 Å². The fourth-order valence-electron chi connectivity index (χ4n) is 3.57. The first-order chi connectivity index (χ1) is 13.1. The molecule has 1 saturated carbocycles. The molecule has 1 aliphatic carbocycles. The molecule has 3 heterocycles. The summed E-state index contributed by atoms with van der Waals surface area (Å²) in [7, 11) is 1.93. The smallest absolute Gasteiger partial charge is 0.122 e. The molecule has 9 nitrogen and oxygen atoms in total. The van der Waals surface area contributed by atoms with Crippen LogP contribution in [0.15, 0.2) is 43.1 Å². The zero-order valence-electron chi connectivity index (χ0n) is 15.0. The van der Waals surface area contributed by atoms with Gasteiger partial charge >= 0.3 is 0 Å². The van der Waals surface area contributed by atoms with E-state index in [4.69, 9.17) is 0 Å². The summed E-state index contributed by atoms with van der Waals surface area (Å²) < 4.78 is 3.64. The molecule has 0 aliphatic heterocycles. The first kappa shape index (κ1) is 17.8. The largest absolute Gasteiger partial charge is 0.390 e. The van der Waals surface area contributed by atoms with Crippen LogP contribution in [-0.4, -0.2) is 58.0 Å². The Bertz CT molecular complexity index is 879. The van der Waals surface area contributed by atoms with Crippen molar-refractivity contribution in [3.63, 3.8) is 0 Å². The maximum atomic E-state index is 10.4. The summed E-state index contributed by atoms with van der Waals surface area (Å²) in [6.07, 6.45) is 7.92. The van der Waals surface area contributed by atoms with Crippen molar-refractivity contribution < 1.29 is 10.2 Å². The van der Waals surface area contributed by atoms with Gasteiger partial charge in [0.05, 0.1) is 24.9 Å². The normalized spacial score (nSPS) is 25.1. The maximum absolute atomic E-state index is 10.4. The van der Waals surface area contributed by atoms with Gasteiger partial charge in [-0.3, -0.25) is 9.67 Å². The molecule has 4 unspecified atom stereocenters. The molecule has 0 radical (unpaired) electrons. The second-order valence-corrected chi connectivity index (χ2v) is 6.99. The number of aryl methyl sites for hydroxylation is 1. The van der Waals surface area contributed by atoms with Gasteiger partial charge in [0.2, 0.25) is 0 Å². The highest BCUT2D eigenvalue weighted by molar-refractivity contribution is 5.55. The van der Waals surface area contributed by atoms with E-state index < -0.39 is 12.2 Å². The lowest BCUT2D eigenvalue weighted by atomic mass is 10.1. The Morgan fingerprint density at radius 2 is 2.15 bits per heavy atom. The number of aliphatic hydroxyl groups is 2. The number of aromatic nitrogens is 6. The van der Waals surface area contributed by atoms with E-state index >= 15 is 0 Å².